The van der Waals surface area contributed by atoms with Crippen molar-refractivity contribution >= 4 is 0 Å². The summed E-state index contributed by atoms with van der Waals surface area (Å²) in [7, 11) is 0. The summed E-state index contributed by atoms with van der Waals surface area (Å²) in [5.74, 6) is 0.171. The fourth-order valence-corrected chi connectivity index (χ4v) is 1.83. The summed E-state index contributed by atoms with van der Waals surface area (Å²) in [6.07, 6.45) is 1.70. The van der Waals surface area contributed by atoms with Gasteiger partial charge in [-0.3, -0.25) is 10.1 Å². The number of nitrogens with two attached hydrogens (primary N) is 2. The molecule has 0 fully saturated rings. The Balaban J connectivity index is 2.85. The molecule has 6 nitrogen and oxygen atoms in total. The van der Waals surface area contributed by atoms with Crippen molar-refractivity contribution in [3.8, 4) is 0 Å². The van der Waals surface area contributed by atoms with Gasteiger partial charge in [0.2, 0.25) is 0 Å². The van der Waals surface area contributed by atoms with Crippen molar-refractivity contribution in [1.29, 1.82) is 0 Å². The Morgan fingerprint density at radius 1 is 1.47 bits per heavy atom. The van der Waals surface area contributed by atoms with Crippen LogP contribution >= 0.6 is 0 Å². The summed E-state index contributed by atoms with van der Waals surface area (Å²) in [4.78, 5) is 11.7. The first-order chi connectivity index (χ1) is 9.06. The quantitative estimate of drug-likeness (QED) is 0.573. The van der Waals surface area contributed by atoms with E-state index < -0.39 is 4.92 Å². The Morgan fingerprint density at radius 2 is 2.16 bits per heavy atom. The van der Waals surface area contributed by atoms with Gasteiger partial charge in [0, 0.05) is 19.6 Å². The molecule has 0 heterocycles. The van der Waals surface area contributed by atoms with Gasteiger partial charge in [-0.05, 0) is 17.5 Å². The topological polar surface area (TPSA) is 98.4 Å². The van der Waals surface area contributed by atoms with Crippen LogP contribution in [0.25, 0.3) is 0 Å². The molecule has 0 amide bonds. The van der Waals surface area contributed by atoms with Crippen LogP contribution in [-0.2, 0) is 13.1 Å². The van der Waals surface area contributed by atoms with Crippen molar-refractivity contribution in [2.24, 2.45) is 11.5 Å². The van der Waals surface area contributed by atoms with E-state index >= 15 is 0 Å². The SMILES string of the molecule is CCCN(Cc1cccc(CN)c1)C(N)=C[N+](=O)[O-]. The van der Waals surface area contributed by atoms with Gasteiger partial charge < -0.3 is 16.4 Å². The summed E-state index contributed by atoms with van der Waals surface area (Å²) in [6, 6.07) is 7.82. The van der Waals surface area contributed by atoms with E-state index in [0.29, 0.717) is 19.6 Å². The summed E-state index contributed by atoms with van der Waals surface area (Å²) in [5.41, 5.74) is 13.4. The van der Waals surface area contributed by atoms with Crippen LogP contribution in [0.4, 0.5) is 0 Å². The molecule has 0 unspecified atom stereocenters. The van der Waals surface area contributed by atoms with E-state index in [0.717, 1.165) is 23.7 Å². The highest BCUT2D eigenvalue weighted by Gasteiger charge is 2.10. The first-order valence-corrected chi connectivity index (χ1v) is 6.20. The predicted octanol–water partition coefficient (Wildman–Crippen LogP) is 1.39. The molecule has 0 aromatic heterocycles. The fourth-order valence-electron chi connectivity index (χ4n) is 1.83. The lowest BCUT2D eigenvalue weighted by Gasteiger charge is -2.23. The Labute approximate surface area is 112 Å². The number of benzene rings is 1. The molecule has 4 N–H and O–H groups in total. The highest BCUT2D eigenvalue weighted by Crippen LogP contribution is 2.11. The lowest BCUT2D eigenvalue weighted by Crippen LogP contribution is -2.29. The zero-order valence-electron chi connectivity index (χ0n) is 11.1. The molecule has 0 saturated heterocycles. The van der Waals surface area contributed by atoms with E-state index in [1.165, 1.54) is 0 Å². The van der Waals surface area contributed by atoms with Crippen molar-refractivity contribution in [3.05, 3.63) is 57.5 Å². The molecule has 19 heavy (non-hydrogen) atoms. The van der Waals surface area contributed by atoms with E-state index in [1.54, 1.807) is 4.90 Å². The number of nitrogens with zero attached hydrogens (tertiary/aromatic N) is 2. The van der Waals surface area contributed by atoms with Crippen molar-refractivity contribution < 1.29 is 4.92 Å². The Hall–Kier alpha value is -2.08. The molecule has 0 aliphatic carbocycles. The van der Waals surface area contributed by atoms with Crippen LogP contribution < -0.4 is 11.5 Å². The van der Waals surface area contributed by atoms with Crippen LogP contribution in [0.2, 0.25) is 0 Å². The molecule has 0 radical (unpaired) electrons. The van der Waals surface area contributed by atoms with E-state index in [2.05, 4.69) is 0 Å². The molecule has 1 rings (SSSR count). The second kappa shape index (κ2) is 7.38. The first-order valence-electron chi connectivity index (χ1n) is 6.20. The standard InChI is InChI=1S/C13H20N4O2/c1-2-6-16(13(15)10-17(18)19)9-12-5-3-4-11(7-12)8-14/h3-5,7,10H,2,6,8-9,14-15H2,1H3. The monoisotopic (exact) mass is 264 g/mol. The molecule has 0 atom stereocenters. The zero-order chi connectivity index (χ0) is 14.3. The third-order valence-corrected chi connectivity index (χ3v) is 2.70. The summed E-state index contributed by atoms with van der Waals surface area (Å²) < 4.78 is 0. The Bertz CT molecular complexity index is 460. The van der Waals surface area contributed by atoms with Crippen molar-refractivity contribution in [1.82, 2.24) is 4.90 Å². The highest BCUT2D eigenvalue weighted by atomic mass is 16.6. The molecule has 104 valence electrons. The van der Waals surface area contributed by atoms with Gasteiger partial charge in [0.15, 0.2) is 5.82 Å². The molecule has 0 saturated carbocycles. The van der Waals surface area contributed by atoms with Crippen LogP contribution in [-0.4, -0.2) is 16.4 Å². The van der Waals surface area contributed by atoms with Gasteiger partial charge in [0.05, 0.1) is 4.92 Å². The molecular weight excluding hydrogens is 244 g/mol. The van der Waals surface area contributed by atoms with E-state index in [1.807, 2.05) is 31.2 Å². The third-order valence-electron chi connectivity index (χ3n) is 2.70. The lowest BCUT2D eigenvalue weighted by molar-refractivity contribution is -0.404. The molecule has 0 aliphatic heterocycles. The van der Waals surface area contributed by atoms with Gasteiger partial charge in [-0.25, -0.2) is 0 Å². The lowest BCUT2D eigenvalue weighted by atomic mass is 10.1. The maximum atomic E-state index is 10.5. The van der Waals surface area contributed by atoms with Crippen molar-refractivity contribution in [2.45, 2.75) is 26.4 Å². The molecule has 6 heteroatoms. The highest BCUT2D eigenvalue weighted by molar-refractivity contribution is 5.23. The van der Waals surface area contributed by atoms with Gasteiger partial charge in [0.1, 0.15) is 0 Å². The average Bonchev–Trinajstić information content (AvgIpc) is 2.37. The van der Waals surface area contributed by atoms with Gasteiger partial charge in [-0.15, -0.1) is 0 Å². The average molecular weight is 264 g/mol. The molecular formula is C13H20N4O2. The van der Waals surface area contributed by atoms with E-state index in [9.17, 15) is 10.1 Å². The first kappa shape index (κ1) is 15.0. The zero-order valence-corrected chi connectivity index (χ0v) is 11.1. The third kappa shape index (κ3) is 4.97. The summed E-state index contributed by atoms with van der Waals surface area (Å²) in [5, 5.41) is 10.5. The molecule has 0 aliphatic rings. The largest absolute Gasteiger partial charge is 0.380 e. The van der Waals surface area contributed by atoms with Gasteiger partial charge in [0.25, 0.3) is 6.20 Å². The minimum atomic E-state index is -0.533. The van der Waals surface area contributed by atoms with Crippen molar-refractivity contribution in [3.63, 3.8) is 0 Å². The van der Waals surface area contributed by atoms with Gasteiger partial charge >= 0.3 is 0 Å². The second-order valence-corrected chi connectivity index (χ2v) is 4.28. The smallest absolute Gasteiger partial charge is 0.274 e. The number of nitro groups is 1. The number of hydrogen-bond donors (Lipinski definition) is 2. The van der Waals surface area contributed by atoms with E-state index in [4.69, 9.17) is 11.5 Å². The van der Waals surface area contributed by atoms with Gasteiger partial charge in [-0.1, -0.05) is 31.2 Å². The van der Waals surface area contributed by atoms with Crippen molar-refractivity contribution in [2.75, 3.05) is 6.54 Å². The maximum Gasteiger partial charge on any atom is 0.274 e. The van der Waals surface area contributed by atoms with E-state index in [-0.39, 0.29) is 5.82 Å². The summed E-state index contributed by atoms with van der Waals surface area (Å²) >= 11 is 0. The van der Waals surface area contributed by atoms with Crippen LogP contribution in [0.15, 0.2) is 36.3 Å². The van der Waals surface area contributed by atoms with Crippen LogP contribution in [0, 0.1) is 10.1 Å². The Kier molecular flexibility index (Phi) is 5.81. The number of hydrogen-bond acceptors (Lipinski definition) is 5. The van der Waals surface area contributed by atoms with Crippen LogP contribution in [0.3, 0.4) is 0 Å². The summed E-state index contributed by atoms with van der Waals surface area (Å²) in [6.45, 7) is 3.69. The maximum absolute atomic E-state index is 10.5. The normalized spacial score (nSPS) is 11.4. The predicted molar refractivity (Wildman–Crippen MR) is 74.3 cm³/mol. The van der Waals surface area contributed by atoms with Gasteiger partial charge in [-0.2, -0.15) is 0 Å². The molecule has 0 spiro atoms. The fraction of sp³-hybridized carbons (Fsp3) is 0.385. The minimum Gasteiger partial charge on any atom is -0.380 e. The van der Waals surface area contributed by atoms with Crippen LogP contribution in [0.5, 0.6) is 0 Å². The molecule has 1 aromatic rings. The minimum absolute atomic E-state index is 0.171. The Morgan fingerprint density at radius 3 is 2.74 bits per heavy atom. The number of rotatable bonds is 7. The second-order valence-electron chi connectivity index (χ2n) is 4.28. The molecule has 1 aromatic carbocycles. The molecule has 0 bridgehead atoms. The van der Waals surface area contributed by atoms with Crippen LogP contribution in [0.1, 0.15) is 24.5 Å².